The Kier molecular flexibility index (Phi) is 7.07. The molecule has 0 saturated heterocycles. The lowest BCUT2D eigenvalue weighted by Gasteiger charge is -2.24. The number of fused-ring (bicyclic) bond motifs is 7. The van der Waals surface area contributed by atoms with E-state index in [1.54, 1.807) is 0 Å². The van der Waals surface area contributed by atoms with Gasteiger partial charge in [0.2, 0.25) is 0 Å². The van der Waals surface area contributed by atoms with Gasteiger partial charge in [-0.15, -0.1) is 11.3 Å². The molecule has 1 atom stereocenters. The van der Waals surface area contributed by atoms with Gasteiger partial charge in [-0.05, 0) is 69.4 Å². The third-order valence-electron chi connectivity index (χ3n) is 10.5. The zero-order chi connectivity index (χ0) is 35.6. The van der Waals surface area contributed by atoms with Gasteiger partial charge in [0.15, 0.2) is 5.84 Å². The second-order valence-electron chi connectivity index (χ2n) is 13.8. The van der Waals surface area contributed by atoms with Crippen LogP contribution in [0.25, 0.3) is 75.1 Å². The highest BCUT2D eigenvalue weighted by molar-refractivity contribution is 7.25. The minimum absolute atomic E-state index is 0.278. The van der Waals surface area contributed by atoms with E-state index in [1.165, 1.54) is 20.2 Å². The lowest BCUT2D eigenvalue weighted by molar-refractivity contribution is 0.670. The number of nitrogens with one attached hydrogen (secondary N) is 1. The molecule has 0 fully saturated rings. The number of amidine groups is 2. The summed E-state index contributed by atoms with van der Waals surface area (Å²) in [6.07, 6.45) is -0.278. The first kappa shape index (κ1) is 30.8. The minimum atomic E-state index is -0.278. The van der Waals surface area contributed by atoms with Crippen molar-refractivity contribution in [2.45, 2.75) is 6.17 Å². The van der Waals surface area contributed by atoms with Crippen LogP contribution in [0.3, 0.4) is 0 Å². The van der Waals surface area contributed by atoms with Crippen molar-refractivity contribution in [3.8, 4) is 22.3 Å². The van der Waals surface area contributed by atoms with E-state index in [9.17, 15) is 0 Å². The normalized spacial score (nSPS) is 14.5. The summed E-state index contributed by atoms with van der Waals surface area (Å²) >= 11 is 1.81. The average molecular weight is 710 g/mol. The van der Waals surface area contributed by atoms with Gasteiger partial charge in [-0.2, -0.15) is 0 Å². The van der Waals surface area contributed by atoms with E-state index in [-0.39, 0.29) is 6.17 Å². The second-order valence-corrected chi connectivity index (χ2v) is 14.9. The predicted molar refractivity (Wildman–Crippen MR) is 227 cm³/mol. The summed E-state index contributed by atoms with van der Waals surface area (Å²) in [5.41, 5.74) is 9.40. The van der Waals surface area contributed by atoms with Crippen LogP contribution >= 0.6 is 11.3 Å². The molecule has 2 aromatic heterocycles. The van der Waals surface area contributed by atoms with Crippen molar-refractivity contribution in [3.05, 3.63) is 193 Å². The van der Waals surface area contributed by atoms with Crippen LogP contribution in [0.5, 0.6) is 0 Å². The topological polar surface area (TPSA) is 49.9 Å². The average Bonchev–Trinajstić information content (AvgIpc) is 3.82. The van der Waals surface area contributed by atoms with Gasteiger partial charge in [0.1, 0.15) is 23.2 Å². The molecule has 10 aromatic rings. The molecule has 0 aliphatic carbocycles. The first-order valence-electron chi connectivity index (χ1n) is 18.2. The molecular formula is C49H31N3OS. The van der Waals surface area contributed by atoms with Crippen molar-refractivity contribution in [2.75, 3.05) is 0 Å². The third kappa shape index (κ3) is 5.12. The number of hydrogen-bond acceptors (Lipinski definition) is 5. The lowest BCUT2D eigenvalue weighted by atomic mass is 9.93. The molecule has 0 saturated carbocycles. The fourth-order valence-corrected chi connectivity index (χ4v) is 9.02. The highest BCUT2D eigenvalue weighted by Gasteiger charge is 2.22. The Balaban J connectivity index is 1.03. The number of furan rings is 1. The summed E-state index contributed by atoms with van der Waals surface area (Å²) < 4.78 is 9.10. The molecule has 54 heavy (non-hydrogen) atoms. The standard InChI is InChI=1S/C49H31N3OS/c1-3-11-31(12-4-1)38-26-25-37(45-41-16-7-9-17-42(41)53-46(38)45)33-21-19-30-20-22-34(28-36(30)27-33)48-50-47(32-13-5-2-6-14-32)51-49(52-48)35-23-24-40-39-15-8-10-18-43(39)54-44(40)29-35/h1-29,47H,(H,50,51,52). The molecule has 8 aromatic carbocycles. The Bertz CT molecular complexity index is 3140. The molecule has 0 spiro atoms. The summed E-state index contributed by atoms with van der Waals surface area (Å²) in [5, 5.41) is 10.8. The molecule has 3 heterocycles. The highest BCUT2D eigenvalue weighted by atomic mass is 32.1. The molecule has 1 aliphatic rings. The number of rotatable bonds is 5. The number of para-hydroxylation sites is 1. The van der Waals surface area contributed by atoms with E-state index in [1.807, 2.05) is 29.5 Å². The summed E-state index contributed by atoms with van der Waals surface area (Å²) in [4.78, 5) is 10.4. The van der Waals surface area contributed by atoms with E-state index in [2.05, 4.69) is 163 Å². The number of benzene rings is 8. The maximum atomic E-state index is 6.58. The molecule has 1 aliphatic heterocycles. The Morgan fingerprint density at radius 3 is 2.06 bits per heavy atom. The quantitative estimate of drug-likeness (QED) is 0.193. The van der Waals surface area contributed by atoms with Gasteiger partial charge in [0.25, 0.3) is 0 Å². The first-order chi connectivity index (χ1) is 26.7. The van der Waals surface area contributed by atoms with Crippen LogP contribution in [0.1, 0.15) is 22.9 Å². The van der Waals surface area contributed by atoms with Crippen molar-refractivity contribution < 1.29 is 4.42 Å². The zero-order valence-electron chi connectivity index (χ0n) is 29.0. The molecule has 5 heteroatoms. The molecule has 0 radical (unpaired) electrons. The Labute approximate surface area is 315 Å². The van der Waals surface area contributed by atoms with Crippen molar-refractivity contribution in [1.82, 2.24) is 5.32 Å². The predicted octanol–water partition coefficient (Wildman–Crippen LogP) is 12.9. The van der Waals surface area contributed by atoms with E-state index >= 15 is 0 Å². The summed E-state index contributed by atoms with van der Waals surface area (Å²) in [7, 11) is 0. The maximum Gasteiger partial charge on any atom is 0.159 e. The van der Waals surface area contributed by atoms with Crippen LogP contribution < -0.4 is 5.32 Å². The highest BCUT2D eigenvalue weighted by Crippen LogP contribution is 2.42. The van der Waals surface area contributed by atoms with Gasteiger partial charge in [-0.1, -0.05) is 140 Å². The van der Waals surface area contributed by atoms with Crippen molar-refractivity contribution in [1.29, 1.82) is 0 Å². The summed E-state index contributed by atoms with van der Waals surface area (Å²) in [5.74, 6) is 1.52. The third-order valence-corrected chi connectivity index (χ3v) is 11.7. The van der Waals surface area contributed by atoms with Crippen molar-refractivity contribution in [2.24, 2.45) is 9.98 Å². The van der Waals surface area contributed by atoms with Crippen LogP contribution in [-0.4, -0.2) is 11.7 Å². The van der Waals surface area contributed by atoms with Crippen LogP contribution in [0, 0.1) is 0 Å². The molecule has 4 nitrogen and oxygen atoms in total. The van der Waals surface area contributed by atoms with E-state index < -0.39 is 0 Å². The van der Waals surface area contributed by atoms with Gasteiger partial charge in [0.05, 0.1) is 0 Å². The van der Waals surface area contributed by atoms with Gasteiger partial charge in [-0.3, -0.25) is 0 Å². The molecule has 1 unspecified atom stereocenters. The van der Waals surface area contributed by atoms with Crippen LogP contribution in [0.4, 0.5) is 0 Å². The van der Waals surface area contributed by atoms with Crippen molar-refractivity contribution in [3.63, 3.8) is 0 Å². The van der Waals surface area contributed by atoms with E-state index in [0.717, 1.165) is 83.3 Å². The van der Waals surface area contributed by atoms with Gasteiger partial charge < -0.3 is 9.73 Å². The van der Waals surface area contributed by atoms with Crippen LogP contribution in [0.15, 0.2) is 190 Å². The van der Waals surface area contributed by atoms with Crippen molar-refractivity contribution >= 4 is 75.9 Å². The minimum Gasteiger partial charge on any atom is -0.455 e. The van der Waals surface area contributed by atoms with E-state index in [4.69, 9.17) is 14.4 Å². The van der Waals surface area contributed by atoms with E-state index in [0.29, 0.717) is 0 Å². The van der Waals surface area contributed by atoms with Gasteiger partial charge in [-0.25, -0.2) is 9.98 Å². The Hall–Kier alpha value is -6.82. The van der Waals surface area contributed by atoms with Gasteiger partial charge in [0, 0.05) is 47.6 Å². The second kappa shape index (κ2) is 12.4. The van der Waals surface area contributed by atoms with Crippen LogP contribution in [-0.2, 0) is 0 Å². The number of hydrogen-bond donors (Lipinski definition) is 1. The lowest BCUT2D eigenvalue weighted by Crippen LogP contribution is -2.33. The number of nitrogens with zero attached hydrogens (tertiary/aromatic N) is 2. The van der Waals surface area contributed by atoms with Gasteiger partial charge >= 0.3 is 0 Å². The fourth-order valence-electron chi connectivity index (χ4n) is 7.87. The number of thiophene rings is 1. The molecule has 1 N–H and O–H groups in total. The SMILES string of the molecule is c1ccc(-c2ccc(-c3ccc4ccc(C5=NC(c6ccc7c(c6)sc6ccccc67)=NC(c6ccccc6)N5)cc4c3)c3c2oc2ccccc23)cc1. The summed E-state index contributed by atoms with van der Waals surface area (Å²) in [6, 6.07) is 62.2. The molecular weight excluding hydrogens is 679 g/mol. The number of aliphatic imine (C=N–C) groups is 2. The van der Waals surface area contributed by atoms with Crippen LogP contribution in [0.2, 0.25) is 0 Å². The molecule has 0 bridgehead atoms. The Morgan fingerprint density at radius 1 is 0.500 bits per heavy atom. The fraction of sp³-hybridized carbons (Fsp3) is 0.0204. The molecule has 11 rings (SSSR count). The largest absolute Gasteiger partial charge is 0.455 e. The Morgan fingerprint density at radius 2 is 1.19 bits per heavy atom. The molecule has 0 amide bonds. The maximum absolute atomic E-state index is 6.58. The zero-order valence-corrected chi connectivity index (χ0v) is 29.8. The summed E-state index contributed by atoms with van der Waals surface area (Å²) in [6.45, 7) is 0. The molecule has 254 valence electrons. The smallest absolute Gasteiger partial charge is 0.159 e. The first-order valence-corrected chi connectivity index (χ1v) is 19.0. The monoisotopic (exact) mass is 709 g/mol.